The Morgan fingerprint density at radius 3 is 2.62 bits per heavy atom. The van der Waals surface area contributed by atoms with Crippen molar-refractivity contribution in [1.82, 2.24) is 5.32 Å². The molecule has 7 nitrogen and oxygen atoms in total. The molecule has 0 spiro atoms. The van der Waals surface area contributed by atoms with Crippen LogP contribution in [0.5, 0.6) is 0 Å². The van der Waals surface area contributed by atoms with Crippen LogP contribution in [0.4, 0.5) is 11.4 Å². The predicted molar refractivity (Wildman–Crippen MR) is 123 cm³/mol. The number of hydrogen-bond acceptors (Lipinski definition) is 5. The van der Waals surface area contributed by atoms with Gasteiger partial charge in [0.05, 0.1) is 18.8 Å². The zero-order valence-corrected chi connectivity index (χ0v) is 18.2. The highest BCUT2D eigenvalue weighted by atomic mass is 16.3. The number of amides is 2. The van der Waals surface area contributed by atoms with Gasteiger partial charge in [0.25, 0.3) is 5.91 Å². The van der Waals surface area contributed by atoms with E-state index in [4.69, 9.17) is 5.11 Å². The topological polar surface area (TPSA) is 93.1 Å². The first-order valence-corrected chi connectivity index (χ1v) is 11.0. The van der Waals surface area contributed by atoms with Gasteiger partial charge in [0.2, 0.25) is 5.91 Å². The first-order chi connectivity index (χ1) is 15.5. The molecule has 168 valence electrons. The van der Waals surface area contributed by atoms with E-state index in [1.807, 2.05) is 49.4 Å². The maximum Gasteiger partial charge on any atom is 0.264 e. The van der Waals surface area contributed by atoms with Crippen LogP contribution < -0.4 is 15.1 Å². The van der Waals surface area contributed by atoms with Crippen molar-refractivity contribution < 1.29 is 19.8 Å². The Morgan fingerprint density at radius 1 is 1.16 bits per heavy atom. The van der Waals surface area contributed by atoms with Crippen LogP contribution in [0.25, 0.3) is 0 Å². The normalized spacial score (nSPS) is 22.0. The molecule has 2 aromatic rings. The van der Waals surface area contributed by atoms with Crippen molar-refractivity contribution in [1.29, 1.82) is 0 Å². The fraction of sp³-hybridized carbons (Fsp3) is 0.360. The van der Waals surface area contributed by atoms with Crippen LogP contribution in [-0.4, -0.2) is 48.3 Å². The van der Waals surface area contributed by atoms with Crippen LogP contribution in [0.15, 0.2) is 60.7 Å². The van der Waals surface area contributed by atoms with Crippen LogP contribution in [-0.2, 0) is 21.7 Å². The summed E-state index contributed by atoms with van der Waals surface area (Å²) in [7, 11) is 0. The average molecular weight is 436 g/mol. The standard InChI is InChI=1S/C25H29N3O4/c1-18(6-4-5-15-29)25(32)21-7-2-3-8-22(21)28(24(25)31)17-19-9-11-20(12-10-19)27-14-13-26-16-23(27)30/h2-4,6-12,18,26,29,32H,5,13-17H2,1H3/b6-4+/t18-,25+/m1/s1. The fourth-order valence-corrected chi connectivity index (χ4v) is 4.42. The van der Waals surface area contributed by atoms with E-state index >= 15 is 0 Å². The van der Waals surface area contributed by atoms with Crippen LogP contribution in [0, 0.1) is 5.92 Å². The molecule has 4 rings (SSSR count). The summed E-state index contributed by atoms with van der Waals surface area (Å²) in [4.78, 5) is 29.0. The average Bonchev–Trinajstić information content (AvgIpc) is 3.03. The molecule has 0 saturated carbocycles. The van der Waals surface area contributed by atoms with Crippen molar-refractivity contribution in [3.63, 3.8) is 0 Å². The summed E-state index contributed by atoms with van der Waals surface area (Å²) in [6.45, 7) is 3.88. The molecule has 2 aromatic carbocycles. The SMILES string of the molecule is C[C@H](/C=C/CCO)[C@@]1(O)C(=O)N(Cc2ccc(N3CCNCC3=O)cc2)c2ccccc21. The number of benzene rings is 2. The first kappa shape index (κ1) is 22.2. The predicted octanol–water partition coefficient (Wildman–Crippen LogP) is 1.93. The Morgan fingerprint density at radius 2 is 1.91 bits per heavy atom. The molecular weight excluding hydrogens is 406 g/mol. The second-order valence-corrected chi connectivity index (χ2v) is 8.29. The Hall–Kier alpha value is -3.00. The summed E-state index contributed by atoms with van der Waals surface area (Å²) < 4.78 is 0. The van der Waals surface area contributed by atoms with Crippen LogP contribution in [0.2, 0.25) is 0 Å². The molecule has 2 aliphatic heterocycles. The molecule has 0 unspecified atom stereocenters. The summed E-state index contributed by atoms with van der Waals surface area (Å²) in [5, 5.41) is 23.6. The highest BCUT2D eigenvalue weighted by molar-refractivity contribution is 6.07. The lowest BCUT2D eigenvalue weighted by Crippen LogP contribution is -2.48. The van der Waals surface area contributed by atoms with E-state index in [2.05, 4.69) is 5.32 Å². The van der Waals surface area contributed by atoms with Crippen LogP contribution in [0.3, 0.4) is 0 Å². The van der Waals surface area contributed by atoms with Crippen molar-refractivity contribution >= 4 is 23.2 Å². The lowest BCUT2D eigenvalue weighted by atomic mass is 9.83. The smallest absolute Gasteiger partial charge is 0.264 e. The number of aliphatic hydroxyl groups excluding tert-OH is 1. The first-order valence-electron chi connectivity index (χ1n) is 11.0. The molecular formula is C25H29N3O4. The van der Waals surface area contributed by atoms with E-state index in [-0.39, 0.29) is 18.4 Å². The van der Waals surface area contributed by atoms with E-state index < -0.39 is 11.5 Å². The van der Waals surface area contributed by atoms with Gasteiger partial charge in [0.1, 0.15) is 0 Å². The summed E-state index contributed by atoms with van der Waals surface area (Å²) in [5.41, 5.74) is 1.38. The molecule has 3 N–H and O–H groups in total. The number of carbonyl (C=O) groups excluding carboxylic acids is 2. The number of nitrogens with one attached hydrogen (secondary N) is 1. The molecule has 1 fully saturated rings. The Kier molecular flexibility index (Phi) is 6.41. The zero-order chi connectivity index (χ0) is 22.7. The molecule has 0 radical (unpaired) electrons. The number of carbonyl (C=O) groups is 2. The second-order valence-electron chi connectivity index (χ2n) is 8.29. The van der Waals surface area contributed by atoms with Gasteiger partial charge >= 0.3 is 0 Å². The fourth-order valence-electron chi connectivity index (χ4n) is 4.42. The van der Waals surface area contributed by atoms with Gasteiger partial charge in [-0.05, 0) is 30.2 Å². The quantitative estimate of drug-likeness (QED) is 0.578. The molecule has 2 heterocycles. The highest BCUT2D eigenvalue weighted by Crippen LogP contribution is 2.45. The van der Waals surface area contributed by atoms with Gasteiger partial charge in [-0.3, -0.25) is 9.59 Å². The van der Waals surface area contributed by atoms with Gasteiger partial charge in [-0.1, -0.05) is 49.4 Å². The highest BCUT2D eigenvalue weighted by Gasteiger charge is 2.52. The van der Waals surface area contributed by atoms with Gasteiger partial charge < -0.3 is 25.3 Å². The molecule has 0 bridgehead atoms. The van der Waals surface area contributed by atoms with E-state index in [0.29, 0.717) is 37.3 Å². The van der Waals surface area contributed by atoms with E-state index in [9.17, 15) is 14.7 Å². The monoisotopic (exact) mass is 435 g/mol. The third kappa shape index (κ3) is 3.95. The van der Waals surface area contributed by atoms with Gasteiger partial charge in [0, 0.05) is 36.9 Å². The van der Waals surface area contributed by atoms with Crippen molar-refractivity contribution in [3.05, 3.63) is 71.8 Å². The largest absolute Gasteiger partial charge is 0.396 e. The molecule has 0 aliphatic carbocycles. The Balaban J connectivity index is 1.58. The third-order valence-corrected chi connectivity index (χ3v) is 6.23. The third-order valence-electron chi connectivity index (χ3n) is 6.23. The van der Waals surface area contributed by atoms with Gasteiger partial charge in [0.15, 0.2) is 5.60 Å². The number of hydrogen-bond donors (Lipinski definition) is 3. The molecule has 2 atom stereocenters. The second kappa shape index (κ2) is 9.24. The van der Waals surface area contributed by atoms with Crippen LogP contribution in [0.1, 0.15) is 24.5 Å². The van der Waals surface area contributed by atoms with Crippen molar-refractivity contribution in [2.24, 2.45) is 5.92 Å². The number of piperazine rings is 1. The minimum absolute atomic E-state index is 0.0217. The number of aliphatic hydroxyl groups is 2. The number of fused-ring (bicyclic) bond motifs is 1. The number of nitrogens with zero attached hydrogens (tertiary/aromatic N) is 2. The number of para-hydroxylation sites is 1. The molecule has 0 aromatic heterocycles. The van der Waals surface area contributed by atoms with Crippen molar-refractivity contribution in [2.45, 2.75) is 25.5 Å². The van der Waals surface area contributed by atoms with Crippen LogP contribution >= 0.6 is 0 Å². The minimum atomic E-state index is -1.66. The van der Waals surface area contributed by atoms with Gasteiger partial charge in [-0.25, -0.2) is 0 Å². The Labute approximate surface area is 188 Å². The molecule has 2 amide bonds. The summed E-state index contributed by atoms with van der Waals surface area (Å²) in [5.74, 6) is -0.768. The maximum absolute atomic E-state index is 13.5. The zero-order valence-electron chi connectivity index (χ0n) is 18.2. The molecule has 1 saturated heterocycles. The lowest BCUT2D eigenvalue weighted by Gasteiger charge is -2.28. The van der Waals surface area contributed by atoms with E-state index in [1.54, 1.807) is 28.0 Å². The number of anilines is 2. The van der Waals surface area contributed by atoms with Crippen molar-refractivity contribution in [3.8, 4) is 0 Å². The summed E-state index contributed by atoms with van der Waals surface area (Å²) in [6.07, 6.45) is 4.05. The minimum Gasteiger partial charge on any atom is -0.396 e. The molecule has 2 aliphatic rings. The molecule has 7 heteroatoms. The number of rotatable bonds is 7. The summed E-state index contributed by atoms with van der Waals surface area (Å²) >= 11 is 0. The Bertz CT molecular complexity index is 1020. The van der Waals surface area contributed by atoms with Gasteiger partial charge in [-0.2, -0.15) is 0 Å². The van der Waals surface area contributed by atoms with E-state index in [1.165, 1.54) is 0 Å². The maximum atomic E-state index is 13.5. The van der Waals surface area contributed by atoms with E-state index in [0.717, 1.165) is 17.8 Å². The molecule has 32 heavy (non-hydrogen) atoms. The lowest BCUT2D eigenvalue weighted by molar-refractivity contribution is -0.139. The van der Waals surface area contributed by atoms with Crippen molar-refractivity contribution in [2.75, 3.05) is 36.0 Å². The van der Waals surface area contributed by atoms with Gasteiger partial charge in [-0.15, -0.1) is 0 Å². The summed E-state index contributed by atoms with van der Waals surface area (Å²) in [6, 6.07) is 15.0.